The van der Waals surface area contributed by atoms with Crippen LogP contribution in [0.5, 0.6) is 5.75 Å². The Balaban J connectivity index is 1.49. The van der Waals surface area contributed by atoms with Crippen molar-refractivity contribution in [2.24, 2.45) is 5.92 Å². The van der Waals surface area contributed by atoms with Gasteiger partial charge in [0.25, 0.3) is 0 Å². The van der Waals surface area contributed by atoms with E-state index in [1.165, 1.54) is 12.8 Å². The molecular weight excluding hydrogens is 355 g/mol. The van der Waals surface area contributed by atoms with Crippen LogP contribution in [0.2, 0.25) is 0 Å². The predicted molar refractivity (Wildman–Crippen MR) is 97.6 cm³/mol. The summed E-state index contributed by atoms with van der Waals surface area (Å²) in [5, 5.41) is 2.63. The number of carbonyl (C=O) groups excluding carboxylic acids is 1. The normalized spacial score (nSPS) is 24.0. The Kier molecular flexibility index (Phi) is 6.66. The number of amides is 1. The zero-order valence-electron chi connectivity index (χ0n) is 15.6. The minimum absolute atomic E-state index is 0.106. The third kappa shape index (κ3) is 5.88. The van der Waals surface area contributed by atoms with Crippen LogP contribution in [0.25, 0.3) is 0 Å². The quantitative estimate of drug-likeness (QED) is 0.735. The Morgan fingerprint density at radius 3 is 2.52 bits per heavy atom. The smallest absolute Gasteiger partial charge is 0.393 e. The lowest BCUT2D eigenvalue weighted by Gasteiger charge is -2.33. The maximum Gasteiger partial charge on any atom is 0.393 e. The first-order chi connectivity index (χ1) is 12.9. The average Bonchev–Trinajstić information content (AvgIpc) is 3.13. The van der Waals surface area contributed by atoms with E-state index in [0.29, 0.717) is 19.3 Å². The highest BCUT2D eigenvalue weighted by molar-refractivity contribution is 5.76. The number of hydrogen-bond donors (Lipinski definition) is 1. The Hall–Kier alpha value is -1.72. The van der Waals surface area contributed by atoms with E-state index in [1.54, 1.807) is 0 Å². The maximum atomic E-state index is 13.1. The molecule has 0 aromatic heterocycles. The summed E-state index contributed by atoms with van der Waals surface area (Å²) in [4.78, 5) is 12.2. The first kappa shape index (κ1) is 20.0. The lowest BCUT2D eigenvalue weighted by atomic mass is 9.84. The van der Waals surface area contributed by atoms with Crippen LogP contribution in [0.1, 0.15) is 63.4 Å². The first-order valence-corrected chi connectivity index (χ1v) is 10.0. The molecule has 0 aliphatic heterocycles. The van der Waals surface area contributed by atoms with Gasteiger partial charge >= 0.3 is 6.18 Å². The van der Waals surface area contributed by atoms with Gasteiger partial charge in [0.05, 0.1) is 12.0 Å². The standard InChI is InChI=1S/C21H28F3NO2/c22-21(23,24)18-10-3-4-11-19(18)25-20(26)13-12-15-6-5-9-17(14-15)27-16-7-1-2-8-16/h5-6,9,14,16,18-19H,1-4,7-8,10-13H2,(H,25,26). The highest BCUT2D eigenvalue weighted by Crippen LogP contribution is 2.37. The largest absolute Gasteiger partial charge is 0.490 e. The van der Waals surface area contributed by atoms with E-state index in [9.17, 15) is 18.0 Å². The second-order valence-electron chi connectivity index (χ2n) is 7.78. The number of halogens is 3. The first-order valence-electron chi connectivity index (χ1n) is 10.0. The lowest BCUT2D eigenvalue weighted by Crippen LogP contribution is -2.47. The molecule has 0 bridgehead atoms. The average molecular weight is 383 g/mol. The Morgan fingerprint density at radius 1 is 1.07 bits per heavy atom. The number of alkyl halides is 3. The summed E-state index contributed by atoms with van der Waals surface area (Å²) in [5.74, 6) is -0.916. The number of nitrogens with one attached hydrogen (secondary N) is 1. The van der Waals surface area contributed by atoms with Crippen molar-refractivity contribution in [2.75, 3.05) is 0 Å². The fourth-order valence-electron chi connectivity index (χ4n) is 4.21. The maximum absolute atomic E-state index is 13.1. The van der Waals surface area contributed by atoms with Gasteiger partial charge in [0.1, 0.15) is 5.75 Å². The summed E-state index contributed by atoms with van der Waals surface area (Å²) in [6.07, 6.45) is 3.08. The predicted octanol–water partition coefficient (Wildman–Crippen LogP) is 5.18. The topological polar surface area (TPSA) is 38.3 Å². The number of hydrogen-bond acceptors (Lipinski definition) is 2. The highest BCUT2D eigenvalue weighted by atomic mass is 19.4. The molecule has 2 unspecified atom stereocenters. The van der Waals surface area contributed by atoms with Gasteiger partial charge in [-0.05, 0) is 62.6 Å². The summed E-state index contributed by atoms with van der Waals surface area (Å²) in [6.45, 7) is 0. The van der Waals surface area contributed by atoms with E-state index in [2.05, 4.69) is 5.32 Å². The van der Waals surface area contributed by atoms with Gasteiger partial charge in [0, 0.05) is 12.5 Å². The van der Waals surface area contributed by atoms with Gasteiger partial charge < -0.3 is 10.1 Å². The second-order valence-corrected chi connectivity index (χ2v) is 7.78. The van der Waals surface area contributed by atoms with Gasteiger partial charge in [0.15, 0.2) is 0 Å². The van der Waals surface area contributed by atoms with Crippen molar-refractivity contribution in [3.8, 4) is 5.75 Å². The molecule has 1 aromatic carbocycles. The molecular formula is C21H28F3NO2. The summed E-state index contributed by atoms with van der Waals surface area (Å²) in [5.41, 5.74) is 0.969. The molecule has 27 heavy (non-hydrogen) atoms. The Bertz CT molecular complexity index is 626. The lowest BCUT2D eigenvalue weighted by molar-refractivity contribution is -0.189. The molecule has 0 heterocycles. The number of carbonyl (C=O) groups is 1. The molecule has 1 aromatic rings. The molecule has 2 aliphatic carbocycles. The van der Waals surface area contributed by atoms with Crippen LogP contribution >= 0.6 is 0 Å². The zero-order chi connectivity index (χ0) is 19.3. The van der Waals surface area contributed by atoms with Gasteiger partial charge in [-0.15, -0.1) is 0 Å². The van der Waals surface area contributed by atoms with Gasteiger partial charge in [-0.2, -0.15) is 13.2 Å². The molecule has 1 N–H and O–H groups in total. The molecule has 2 saturated carbocycles. The van der Waals surface area contributed by atoms with E-state index in [1.807, 2.05) is 24.3 Å². The number of ether oxygens (including phenoxy) is 1. The Labute approximate surface area is 158 Å². The molecule has 150 valence electrons. The molecule has 0 saturated heterocycles. The number of benzene rings is 1. The molecule has 0 radical (unpaired) electrons. The van der Waals surface area contributed by atoms with E-state index >= 15 is 0 Å². The zero-order valence-corrected chi connectivity index (χ0v) is 15.6. The van der Waals surface area contributed by atoms with Crippen LogP contribution in [0.15, 0.2) is 24.3 Å². The van der Waals surface area contributed by atoms with Crippen LogP contribution in [0.3, 0.4) is 0 Å². The van der Waals surface area contributed by atoms with Gasteiger partial charge in [-0.25, -0.2) is 0 Å². The fourth-order valence-corrected chi connectivity index (χ4v) is 4.21. The van der Waals surface area contributed by atoms with Crippen molar-refractivity contribution >= 4 is 5.91 Å². The molecule has 2 fully saturated rings. The SMILES string of the molecule is O=C(CCc1cccc(OC2CCCC2)c1)NC1CCCCC1C(F)(F)F. The van der Waals surface area contributed by atoms with Crippen molar-refractivity contribution in [2.45, 2.75) is 82.5 Å². The van der Waals surface area contributed by atoms with Crippen LogP contribution in [0.4, 0.5) is 13.2 Å². The fraction of sp³-hybridized carbons (Fsp3) is 0.667. The number of aryl methyl sites for hydroxylation is 1. The minimum Gasteiger partial charge on any atom is -0.490 e. The molecule has 0 spiro atoms. The molecule has 3 nitrogen and oxygen atoms in total. The highest BCUT2D eigenvalue weighted by Gasteiger charge is 2.45. The summed E-state index contributed by atoms with van der Waals surface area (Å²) in [7, 11) is 0. The third-order valence-corrected chi connectivity index (χ3v) is 5.68. The van der Waals surface area contributed by atoms with Gasteiger partial charge in [-0.3, -0.25) is 4.79 Å². The van der Waals surface area contributed by atoms with Crippen molar-refractivity contribution in [1.82, 2.24) is 5.32 Å². The summed E-state index contributed by atoms with van der Waals surface area (Å²) < 4.78 is 45.4. The van der Waals surface area contributed by atoms with Crippen molar-refractivity contribution in [3.05, 3.63) is 29.8 Å². The van der Waals surface area contributed by atoms with E-state index < -0.39 is 18.1 Å². The van der Waals surface area contributed by atoms with E-state index in [4.69, 9.17) is 4.74 Å². The van der Waals surface area contributed by atoms with Crippen LogP contribution in [0, 0.1) is 5.92 Å². The van der Waals surface area contributed by atoms with E-state index in [0.717, 1.165) is 30.6 Å². The van der Waals surface area contributed by atoms with Crippen molar-refractivity contribution in [3.63, 3.8) is 0 Å². The monoisotopic (exact) mass is 383 g/mol. The van der Waals surface area contributed by atoms with Crippen LogP contribution < -0.4 is 10.1 Å². The number of rotatable bonds is 6. The molecule has 6 heteroatoms. The molecule has 2 atom stereocenters. The second kappa shape index (κ2) is 8.98. The molecule has 2 aliphatic rings. The van der Waals surface area contributed by atoms with Crippen molar-refractivity contribution in [1.29, 1.82) is 0 Å². The third-order valence-electron chi connectivity index (χ3n) is 5.68. The summed E-state index contributed by atoms with van der Waals surface area (Å²) >= 11 is 0. The van der Waals surface area contributed by atoms with Gasteiger partial charge in [0.2, 0.25) is 5.91 Å². The molecule has 1 amide bonds. The van der Waals surface area contributed by atoms with Crippen LogP contribution in [-0.2, 0) is 11.2 Å². The minimum atomic E-state index is -4.25. The van der Waals surface area contributed by atoms with Gasteiger partial charge in [-0.1, -0.05) is 25.0 Å². The summed E-state index contributed by atoms with van der Waals surface area (Å²) in [6, 6.07) is 6.89. The van der Waals surface area contributed by atoms with Crippen LogP contribution in [-0.4, -0.2) is 24.2 Å². The van der Waals surface area contributed by atoms with E-state index in [-0.39, 0.29) is 24.9 Å². The molecule has 3 rings (SSSR count). The Morgan fingerprint density at radius 2 is 1.78 bits per heavy atom. The van der Waals surface area contributed by atoms with Crippen molar-refractivity contribution < 1.29 is 22.7 Å².